The van der Waals surface area contributed by atoms with Gasteiger partial charge in [0.25, 0.3) is 0 Å². The number of ether oxygens (including phenoxy) is 3. The van der Waals surface area contributed by atoms with Crippen LogP contribution in [0.1, 0.15) is 278 Å². The third-order valence-electron chi connectivity index (χ3n) is 12.2. The van der Waals surface area contributed by atoms with Gasteiger partial charge in [-0.25, -0.2) is 0 Å². The molecule has 0 radical (unpaired) electrons. The van der Waals surface area contributed by atoms with Gasteiger partial charge in [-0.05, 0) is 109 Å². The number of allylic oxidation sites excluding steroid dienone is 12. The number of rotatable bonds is 52. The molecule has 0 amide bonds. The molecule has 0 aromatic rings. The van der Waals surface area contributed by atoms with Crippen LogP contribution in [0.15, 0.2) is 72.9 Å². The zero-order valence-electron chi connectivity index (χ0n) is 44.0. The Morgan fingerprint density at radius 3 is 1.08 bits per heavy atom. The van der Waals surface area contributed by atoms with Crippen molar-refractivity contribution in [3.8, 4) is 0 Å². The molecule has 5 nitrogen and oxygen atoms in total. The van der Waals surface area contributed by atoms with Crippen molar-refractivity contribution in [1.82, 2.24) is 0 Å². The molecule has 0 aliphatic heterocycles. The van der Waals surface area contributed by atoms with E-state index in [0.29, 0.717) is 19.4 Å². The summed E-state index contributed by atoms with van der Waals surface area (Å²) in [5, 5.41) is 0. The topological polar surface area (TPSA) is 61.8 Å². The van der Waals surface area contributed by atoms with Crippen LogP contribution in [0, 0.1) is 0 Å². The lowest BCUT2D eigenvalue weighted by Crippen LogP contribution is -2.30. The van der Waals surface area contributed by atoms with E-state index in [4.69, 9.17) is 14.2 Å². The minimum atomic E-state index is -0.549. The third-order valence-corrected chi connectivity index (χ3v) is 12.2. The van der Waals surface area contributed by atoms with Gasteiger partial charge in [-0.1, -0.05) is 229 Å². The quantitative estimate of drug-likeness (QED) is 0.0346. The lowest BCUT2D eigenvalue weighted by Gasteiger charge is -2.18. The van der Waals surface area contributed by atoms with Gasteiger partial charge in [0.2, 0.25) is 0 Å². The molecule has 382 valence electrons. The molecule has 0 aliphatic carbocycles. The molecular weight excluding hydrogens is 813 g/mol. The van der Waals surface area contributed by atoms with Crippen LogP contribution in [-0.2, 0) is 23.8 Å². The van der Waals surface area contributed by atoms with E-state index in [1.165, 1.54) is 173 Å². The first-order chi connectivity index (χ1) is 32.6. The van der Waals surface area contributed by atoms with Crippen molar-refractivity contribution in [1.29, 1.82) is 0 Å². The molecule has 0 fully saturated rings. The molecule has 0 N–H and O–H groups in total. The van der Waals surface area contributed by atoms with E-state index in [9.17, 15) is 9.59 Å². The van der Waals surface area contributed by atoms with Crippen LogP contribution in [0.5, 0.6) is 0 Å². The fourth-order valence-corrected chi connectivity index (χ4v) is 7.88. The Balaban J connectivity index is 4.23. The maximum atomic E-state index is 12.8. The van der Waals surface area contributed by atoms with Gasteiger partial charge in [0.1, 0.15) is 6.61 Å². The van der Waals surface area contributed by atoms with Crippen LogP contribution in [0.4, 0.5) is 0 Å². The maximum Gasteiger partial charge on any atom is 0.306 e. The molecule has 0 spiro atoms. The van der Waals surface area contributed by atoms with Gasteiger partial charge in [0.15, 0.2) is 6.10 Å². The molecule has 0 rings (SSSR count). The summed E-state index contributed by atoms with van der Waals surface area (Å²) in [6.45, 7) is 7.73. The van der Waals surface area contributed by atoms with E-state index in [1.54, 1.807) is 0 Å². The van der Waals surface area contributed by atoms with Gasteiger partial charge < -0.3 is 14.2 Å². The SMILES string of the molecule is CCCC/C=C\CCCCCCCC(=O)OC(COCCCCCCCCC/C=C\C/C=C\C/C=C\CCCCC)COC(=O)CCCCCCCCCCC/C=C\C/C=C\CCCCC. The van der Waals surface area contributed by atoms with Crippen molar-refractivity contribution in [2.24, 2.45) is 0 Å². The molecule has 0 saturated heterocycles. The van der Waals surface area contributed by atoms with E-state index in [1.807, 2.05) is 0 Å². The first kappa shape index (κ1) is 63.3. The zero-order valence-corrected chi connectivity index (χ0v) is 44.0. The van der Waals surface area contributed by atoms with Crippen molar-refractivity contribution in [3.05, 3.63) is 72.9 Å². The number of carbonyl (C=O) groups excluding carboxylic acids is 2. The minimum absolute atomic E-state index is 0.0745. The van der Waals surface area contributed by atoms with Crippen molar-refractivity contribution in [3.63, 3.8) is 0 Å². The summed E-state index contributed by atoms with van der Waals surface area (Å²) in [5.74, 6) is -0.413. The maximum absolute atomic E-state index is 12.8. The molecule has 0 saturated carbocycles. The Labute approximate surface area is 410 Å². The summed E-state index contributed by atoms with van der Waals surface area (Å²) < 4.78 is 17.4. The normalized spacial score (nSPS) is 12.7. The third kappa shape index (κ3) is 54.0. The fraction of sp³-hybridized carbons (Fsp3) is 0.770. The average molecular weight is 922 g/mol. The largest absolute Gasteiger partial charge is 0.462 e. The Kier molecular flexibility index (Phi) is 54.4. The highest BCUT2D eigenvalue weighted by Crippen LogP contribution is 2.14. The van der Waals surface area contributed by atoms with Gasteiger partial charge in [0, 0.05) is 19.4 Å². The van der Waals surface area contributed by atoms with Crippen LogP contribution < -0.4 is 0 Å². The Bertz CT molecular complexity index is 1180. The summed E-state index contributed by atoms with van der Waals surface area (Å²) in [5.41, 5.74) is 0. The summed E-state index contributed by atoms with van der Waals surface area (Å²) in [4.78, 5) is 25.5. The fourth-order valence-electron chi connectivity index (χ4n) is 7.88. The average Bonchev–Trinajstić information content (AvgIpc) is 3.32. The molecule has 1 unspecified atom stereocenters. The first-order valence-electron chi connectivity index (χ1n) is 28.5. The van der Waals surface area contributed by atoms with Gasteiger partial charge in [0.05, 0.1) is 6.61 Å². The number of carbonyl (C=O) groups is 2. The van der Waals surface area contributed by atoms with Gasteiger partial charge >= 0.3 is 11.9 Å². The zero-order chi connectivity index (χ0) is 47.7. The van der Waals surface area contributed by atoms with Crippen molar-refractivity contribution in [2.45, 2.75) is 284 Å². The molecule has 5 heteroatoms. The monoisotopic (exact) mass is 921 g/mol. The second-order valence-electron chi connectivity index (χ2n) is 18.8. The van der Waals surface area contributed by atoms with Gasteiger partial charge in [-0.3, -0.25) is 9.59 Å². The molecule has 0 bridgehead atoms. The van der Waals surface area contributed by atoms with Crippen LogP contribution in [0.25, 0.3) is 0 Å². The lowest BCUT2D eigenvalue weighted by atomic mass is 10.1. The second kappa shape index (κ2) is 56.7. The second-order valence-corrected chi connectivity index (χ2v) is 18.8. The standard InChI is InChI=1S/C61H108O5/c1-4-7-10-13-16-19-22-24-26-28-30-32-34-36-38-41-44-47-50-53-56-64-57-59(66-61(63)55-52-49-46-43-39-21-18-15-12-9-6-3)58-65-60(62)54-51-48-45-42-40-37-35-33-31-29-27-25-23-20-17-14-11-8-5-2/h15-20,24-27,30,32,59H,4-14,21-23,28-29,31,33-58H2,1-3H3/b18-15-,19-16-,20-17-,26-24-,27-25-,32-30-. The first-order valence-corrected chi connectivity index (χ1v) is 28.5. The Hall–Kier alpha value is -2.66. The minimum Gasteiger partial charge on any atom is -0.462 e. The van der Waals surface area contributed by atoms with Crippen LogP contribution in [-0.4, -0.2) is 37.9 Å². The molecule has 0 aromatic carbocycles. The van der Waals surface area contributed by atoms with Crippen LogP contribution >= 0.6 is 0 Å². The Morgan fingerprint density at radius 1 is 0.333 bits per heavy atom. The van der Waals surface area contributed by atoms with E-state index in [2.05, 4.69) is 93.7 Å². The molecular formula is C61H108O5. The van der Waals surface area contributed by atoms with Gasteiger partial charge in [-0.15, -0.1) is 0 Å². The number of hydrogen-bond donors (Lipinski definition) is 0. The molecule has 66 heavy (non-hydrogen) atoms. The van der Waals surface area contributed by atoms with Crippen molar-refractivity contribution >= 4 is 11.9 Å². The lowest BCUT2D eigenvalue weighted by molar-refractivity contribution is -0.163. The highest BCUT2D eigenvalue weighted by atomic mass is 16.6. The van der Waals surface area contributed by atoms with E-state index < -0.39 is 6.10 Å². The molecule has 1 atom stereocenters. The predicted octanol–water partition coefficient (Wildman–Crippen LogP) is 19.5. The summed E-state index contributed by atoms with van der Waals surface area (Å²) in [6, 6.07) is 0. The number of unbranched alkanes of at least 4 members (excludes halogenated alkanes) is 29. The molecule has 0 aliphatic rings. The van der Waals surface area contributed by atoms with Crippen LogP contribution in [0.2, 0.25) is 0 Å². The molecule has 0 heterocycles. The van der Waals surface area contributed by atoms with E-state index >= 15 is 0 Å². The van der Waals surface area contributed by atoms with Crippen LogP contribution in [0.3, 0.4) is 0 Å². The summed E-state index contributed by atoms with van der Waals surface area (Å²) in [7, 11) is 0. The summed E-state index contributed by atoms with van der Waals surface area (Å²) >= 11 is 0. The highest BCUT2D eigenvalue weighted by molar-refractivity contribution is 5.70. The predicted molar refractivity (Wildman–Crippen MR) is 288 cm³/mol. The van der Waals surface area contributed by atoms with Gasteiger partial charge in [-0.2, -0.15) is 0 Å². The highest BCUT2D eigenvalue weighted by Gasteiger charge is 2.17. The molecule has 0 aromatic heterocycles. The summed E-state index contributed by atoms with van der Waals surface area (Å²) in [6.07, 6.45) is 73.5. The Morgan fingerprint density at radius 2 is 0.652 bits per heavy atom. The van der Waals surface area contributed by atoms with Crippen molar-refractivity contribution in [2.75, 3.05) is 19.8 Å². The van der Waals surface area contributed by atoms with Crippen molar-refractivity contribution < 1.29 is 23.8 Å². The number of hydrogen-bond acceptors (Lipinski definition) is 5. The number of esters is 2. The van der Waals surface area contributed by atoms with E-state index in [0.717, 1.165) is 70.6 Å². The van der Waals surface area contributed by atoms with E-state index in [-0.39, 0.29) is 25.2 Å². The smallest absolute Gasteiger partial charge is 0.306 e.